The summed E-state index contributed by atoms with van der Waals surface area (Å²) in [5, 5.41) is 2.85. The molecule has 4 nitrogen and oxygen atoms in total. The molecule has 0 bridgehead atoms. The lowest BCUT2D eigenvalue weighted by Crippen LogP contribution is -2.25. The van der Waals surface area contributed by atoms with E-state index in [1.807, 2.05) is 18.2 Å². The van der Waals surface area contributed by atoms with Crippen molar-refractivity contribution < 1.29 is 4.79 Å². The van der Waals surface area contributed by atoms with Crippen molar-refractivity contribution in [1.82, 2.24) is 15.3 Å². The number of rotatable bonds is 4. The van der Waals surface area contributed by atoms with Crippen LogP contribution in [0.25, 0.3) is 0 Å². The zero-order valence-corrected chi connectivity index (χ0v) is 11.2. The molecule has 5 heteroatoms. The van der Waals surface area contributed by atoms with Crippen LogP contribution in [0.2, 0.25) is 0 Å². The van der Waals surface area contributed by atoms with Crippen LogP contribution in [0, 0.1) is 0 Å². The predicted molar refractivity (Wildman–Crippen MR) is 72.2 cm³/mol. The van der Waals surface area contributed by atoms with Crippen LogP contribution >= 0.6 is 15.9 Å². The number of nitrogens with zero attached hydrogens (tertiary/aromatic N) is 2. The second-order valence-electron chi connectivity index (χ2n) is 3.69. The van der Waals surface area contributed by atoms with Crippen molar-refractivity contribution in [2.45, 2.75) is 6.42 Å². The van der Waals surface area contributed by atoms with E-state index >= 15 is 0 Å². The van der Waals surface area contributed by atoms with Gasteiger partial charge in [-0.2, -0.15) is 0 Å². The van der Waals surface area contributed by atoms with Crippen molar-refractivity contribution in [2.24, 2.45) is 0 Å². The average Bonchev–Trinajstić information content (AvgIpc) is 2.40. The Kier molecular flexibility index (Phi) is 4.41. The number of pyridine rings is 2. The molecule has 0 fully saturated rings. The molecule has 1 amide bonds. The number of carbonyl (C=O) groups excluding carboxylic acids is 1. The fourth-order valence-electron chi connectivity index (χ4n) is 1.50. The summed E-state index contributed by atoms with van der Waals surface area (Å²) in [4.78, 5) is 20.0. The average molecular weight is 306 g/mol. The third-order valence-electron chi connectivity index (χ3n) is 2.38. The van der Waals surface area contributed by atoms with Crippen LogP contribution < -0.4 is 5.32 Å². The van der Waals surface area contributed by atoms with E-state index in [1.165, 1.54) is 0 Å². The van der Waals surface area contributed by atoms with Gasteiger partial charge in [-0.05, 0) is 40.2 Å². The summed E-state index contributed by atoms with van der Waals surface area (Å²) in [5.74, 6) is -0.103. The van der Waals surface area contributed by atoms with Crippen LogP contribution in [0.4, 0.5) is 0 Å². The molecule has 18 heavy (non-hydrogen) atoms. The SMILES string of the molecule is O=C(NCCc1ccccn1)c1ccnc(Br)c1. The van der Waals surface area contributed by atoms with Crippen LogP contribution in [0.1, 0.15) is 16.1 Å². The smallest absolute Gasteiger partial charge is 0.251 e. The van der Waals surface area contributed by atoms with Gasteiger partial charge >= 0.3 is 0 Å². The Morgan fingerprint density at radius 2 is 2.11 bits per heavy atom. The maximum Gasteiger partial charge on any atom is 0.251 e. The molecular weight excluding hydrogens is 294 g/mol. The summed E-state index contributed by atoms with van der Waals surface area (Å²) in [6.45, 7) is 0.565. The highest BCUT2D eigenvalue weighted by atomic mass is 79.9. The Morgan fingerprint density at radius 3 is 2.83 bits per heavy atom. The summed E-state index contributed by atoms with van der Waals surface area (Å²) in [5.41, 5.74) is 1.56. The topological polar surface area (TPSA) is 54.9 Å². The van der Waals surface area contributed by atoms with Gasteiger partial charge in [0.05, 0.1) is 0 Å². The van der Waals surface area contributed by atoms with Crippen molar-refractivity contribution >= 4 is 21.8 Å². The lowest BCUT2D eigenvalue weighted by molar-refractivity contribution is 0.0954. The highest BCUT2D eigenvalue weighted by Crippen LogP contribution is 2.07. The number of nitrogens with one attached hydrogen (secondary N) is 1. The summed E-state index contributed by atoms with van der Waals surface area (Å²) >= 11 is 3.23. The van der Waals surface area contributed by atoms with Crippen LogP contribution in [-0.2, 0) is 6.42 Å². The van der Waals surface area contributed by atoms with Gasteiger partial charge in [-0.25, -0.2) is 4.98 Å². The molecule has 0 aliphatic rings. The normalized spacial score (nSPS) is 10.1. The first kappa shape index (κ1) is 12.7. The first-order chi connectivity index (χ1) is 8.75. The van der Waals surface area contributed by atoms with Gasteiger partial charge in [-0.3, -0.25) is 9.78 Å². The minimum absolute atomic E-state index is 0.103. The Balaban J connectivity index is 1.86. The van der Waals surface area contributed by atoms with E-state index in [1.54, 1.807) is 24.5 Å². The van der Waals surface area contributed by atoms with Gasteiger partial charge < -0.3 is 5.32 Å². The van der Waals surface area contributed by atoms with Crippen LogP contribution in [-0.4, -0.2) is 22.4 Å². The van der Waals surface area contributed by atoms with E-state index in [0.717, 1.165) is 12.1 Å². The van der Waals surface area contributed by atoms with Gasteiger partial charge in [-0.15, -0.1) is 0 Å². The Morgan fingerprint density at radius 1 is 1.22 bits per heavy atom. The van der Waals surface area contributed by atoms with Crippen LogP contribution in [0.15, 0.2) is 47.3 Å². The molecule has 0 unspecified atom stereocenters. The largest absolute Gasteiger partial charge is 0.352 e. The second-order valence-corrected chi connectivity index (χ2v) is 4.51. The molecule has 2 rings (SSSR count). The molecule has 0 saturated carbocycles. The number of aromatic nitrogens is 2. The fourth-order valence-corrected chi connectivity index (χ4v) is 1.86. The first-order valence-electron chi connectivity index (χ1n) is 5.55. The Bertz CT molecular complexity index is 531. The Hall–Kier alpha value is -1.75. The minimum atomic E-state index is -0.103. The fraction of sp³-hybridized carbons (Fsp3) is 0.154. The minimum Gasteiger partial charge on any atom is -0.352 e. The van der Waals surface area contributed by atoms with Crippen LogP contribution in [0.3, 0.4) is 0 Å². The standard InChI is InChI=1S/C13H12BrN3O/c14-12-9-10(4-7-16-12)13(18)17-8-5-11-3-1-2-6-15-11/h1-4,6-7,9H,5,8H2,(H,17,18). The lowest BCUT2D eigenvalue weighted by atomic mass is 10.2. The molecule has 2 heterocycles. The van der Waals surface area contributed by atoms with E-state index in [2.05, 4.69) is 31.2 Å². The summed E-state index contributed by atoms with van der Waals surface area (Å²) in [7, 11) is 0. The quantitative estimate of drug-likeness (QED) is 0.881. The van der Waals surface area contributed by atoms with Gasteiger partial charge in [0.1, 0.15) is 4.60 Å². The van der Waals surface area contributed by atoms with Gasteiger partial charge in [0.25, 0.3) is 5.91 Å². The lowest BCUT2D eigenvalue weighted by Gasteiger charge is -2.05. The number of carbonyl (C=O) groups is 1. The van der Waals surface area contributed by atoms with Crippen molar-refractivity contribution in [3.05, 3.63) is 58.6 Å². The molecule has 92 valence electrons. The molecule has 2 aromatic heterocycles. The van der Waals surface area contributed by atoms with Gasteiger partial charge in [0.15, 0.2) is 0 Å². The molecule has 0 saturated heterocycles. The van der Waals surface area contributed by atoms with Crippen molar-refractivity contribution in [2.75, 3.05) is 6.54 Å². The highest BCUT2D eigenvalue weighted by Gasteiger charge is 2.05. The monoisotopic (exact) mass is 305 g/mol. The molecule has 0 aromatic carbocycles. The van der Waals surface area contributed by atoms with E-state index in [9.17, 15) is 4.79 Å². The molecule has 1 N–H and O–H groups in total. The number of hydrogen-bond acceptors (Lipinski definition) is 3. The van der Waals surface area contributed by atoms with Gasteiger partial charge in [-0.1, -0.05) is 6.07 Å². The molecule has 0 spiro atoms. The summed E-state index contributed by atoms with van der Waals surface area (Å²) in [6, 6.07) is 9.12. The molecule has 0 aliphatic carbocycles. The molecule has 0 aliphatic heterocycles. The molecule has 0 atom stereocenters. The third kappa shape index (κ3) is 3.63. The summed E-state index contributed by atoms with van der Waals surface area (Å²) in [6.07, 6.45) is 4.06. The number of hydrogen-bond donors (Lipinski definition) is 1. The van der Waals surface area contributed by atoms with Crippen molar-refractivity contribution in [3.63, 3.8) is 0 Å². The summed E-state index contributed by atoms with van der Waals surface area (Å²) < 4.78 is 0.653. The van der Waals surface area contributed by atoms with Crippen LogP contribution in [0.5, 0.6) is 0 Å². The third-order valence-corrected chi connectivity index (χ3v) is 2.82. The van der Waals surface area contributed by atoms with E-state index < -0.39 is 0 Å². The maximum atomic E-state index is 11.8. The highest BCUT2D eigenvalue weighted by molar-refractivity contribution is 9.10. The predicted octanol–water partition coefficient (Wildman–Crippen LogP) is 2.21. The maximum absolute atomic E-state index is 11.8. The van der Waals surface area contributed by atoms with Gasteiger partial charge in [0.2, 0.25) is 0 Å². The van der Waals surface area contributed by atoms with Gasteiger partial charge in [0, 0.05) is 36.6 Å². The number of halogens is 1. The van der Waals surface area contributed by atoms with E-state index in [4.69, 9.17) is 0 Å². The number of amides is 1. The second kappa shape index (κ2) is 6.26. The molecule has 0 radical (unpaired) electrons. The zero-order valence-electron chi connectivity index (χ0n) is 9.64. The zero-order chi connectivity index (χ0) is 12.8. The molecular formula is C13H12BrN3O. The molecule has 2 aromatic rings. The van der Waals surface area contributed by atoms with Crippen molar-refractivity contribution in [3.8, 4) is 0 Å². The van der Waals surface area contributed by atoms with E-state index in [0.29, 0.717) is 16.7 Å². The van der Waals surface area contributed by atoms with E-state index in [-0.39, 0.29) is 5.91 Å². The first-order valence-corrected chi connectivity index (χ1v) is 6.34. The van der Waals surface area contributed by atoms with Crippen molar-refractivity contribution in [1.29, 1.82) is 0 Å². The Labute approximate surface area is 114 Å².